The third-order valence-corrected chi connectivity index (χ3v) is 6.46. The molecule has 0 atom stereocenters. The summed E-state index contributed by atoms with van der Waals surface area (Å²) in [5.41, 5.74) is 3.12. The van der Waals surface area contributed by atoms with Crippen molar-refractivity contribution < 1.29 is 4.74 Å². The highest BCUT2D eigenvalue weighted by Gasteiger charge is 2.20. The van der Waals surface area contributed by atoms with Crippen molar-refractivity contribution in [1.29, 1.82) is 0 Å². The van der Waals surface area contributed by atoms with Crippen LogP contribution in [0.15, 0.2) is 53.0 Å². The van der Waals surface area contributed by atoms with Gasteiger partial charge in [0.05, 0.1) is 22.2 Å². The van der Waals surface area contributed by atoms with Crippen LogP contribution in [-0.2, 0) is 6.42 Å². The van der Waals surface area contributed by atoms with Crippen LogP contribution >= 0.6 is 51.1 Å². The fraction of sp³-hybridized carbons (Fsp3) is 0.105. The van der Waals surface area contributed by atoms with Crippen molar-refractivity contribution in [2.24, 2.45) is 0 Å². The molecule has 0 saturated carbocycles. The molecule has 2 nitrogen and oxygen atoms in total. The van der Waals surface area contributed by atoms with E-state index in [1.165, 1.54) is 10.4 Å². The summed E-state index contributed by atoms with van der Waals surface area (Å²) in [6.07, 6.45) is 0.876. The SMILES string of the molecule is S=C(Nc1ccccc1Cl)c1cc2c(s1)CCOc1ccc(Br)cc1-2. The molecule has 0 amide bonds. The average Bonchev–Trinajstić information content (AvgIpc) is 2.95. The van der Waals surface area contributed by atoms with Gasteiger partial charge in [-0.05, 0) is 36.4 Å². The van der Waals surface area contributed by atoms with Crippen LogP contribution in [0.25, 0.3) is 11.1 Å². The largest absolute Gasteiger partial charge is 0.493 e. The summed E-state index contributed by atoms with van der Waals surface area (Å²) in [6.45, 7) is 0.673. The predicted molar refractivity (Wildman–Crippen MR) is 113 cm³/mol. The second-order valence-electron chi connectivity index (χ2n) is 5.62. The molecule has 25 heavy (non-hydrogen) atoms. The van der Waals surface area contributed by atoms with Gasteiger partial charge in [0.2, 0.25) is 0 Å². The molecule has 0 unspecified atom stereocenters. The molecular weight excluding hydrogens is 438 g/mol. The monoisotopic (exact) mass is 449 g/mol. The number of benzene rings is 2. The molecule has 126 valence electrons. The van der Waals surface area contributed by atoms with Crippen molar-refractivity contribution in [2.75, 3.05) is 11.9 Å². The quantitative estimate of drug-likeness (QED) is 0.447. The number of hydrogen-bond donors (Lipinski definition) is 1. The Morgan fingerprint density at radius 3 is 2.84 bits per heavy atom. The Balaban J connectivity index is 1.70. The Morgan fingerprint density at radius 1 is 1.16 bits per heavy atom. The van der Waals surface area contributed by atoms with Gasteiger partial charge in [-0.3, -0.25) is 0 Å². The van der Waals surface area contributed by atoms with E-state index in [1.54, 1.807) is 11.3 Å². The van der Waals surface area contributed by atoms with E-state index in [0.29, 0.717) is 16.6 Å². The maximum absolute atomic E-state index is 6.22. The first kappa shape index (κ1) is 17.0. The van der Waals surface area contributed by atoms with Gasteiger partial charge < -0.3 is 10.1 Å². The zero-order chi connectivity index (χ0) is 17.4. The lowest BCUT2D eigenvalue weighted by Crippen LogP contribution is -2.09. The highest BCUT2D eigenvalue weighted by Crippen LogP contribution is 2.41. The number of fused-ring (bicyclic) bond motifs is 3. The smallest absolute Gasteiger partial charge is 0.127 e. The van der Waals surface area contributed by atoms with Crippen LogP contribution in [0.4, 0.5) is 5.69 Å². The van der Waals surface area contributed by atoms with Gasteiger partial charge in [0.25, 0.3) is 0 Å². The molecule has 0 aliphatic carbocycles. The number of nitrogens with one attached hydrogen (secondary N) is 1. The van der Waals surface area contributed by atoms with Crippen molar-refractivity contribution in [2.45, 2.75) is 6.42 Å². The van der Waals surface area contributed by atoms with Gasteiger partial charge in [-0.15, -0.1) is 11.3 Å². The highest BCUT2D eigenvalue weighted by atomic mass is 79.9. The van der Waals surface area contributed by atoms with E-state index in [1.807, 2.05) is 36.4 Å². The molecule has 0 spiro atoms. The summed E-state index contributed by atoms with van der Waals surface area (Å²) in [4.78, 5) is 3.01. The molecule has 1 aliphatic rings. The summed E-state index contributed by atoms with van der Waals surface area (Å²) in [5.74, 6) is 0.913. The first-order valence-corrected chi connectivity index (χ1v) is 10.1. The van der Waals surface area contributed by atoms with E-state index >= 15 is 0 Å². The minimum absolute atomic E-state index is 0.658. The summed E-state index contributed by atoms with van der Waals surface area (Å²) >= 11 is 17.1. The molecule has 0 bridgehead atoms. The molecule has 3 aromatic rings. The predicted octanol–water partition coefficient (Wildman–Crippen LogP) is 6.55. The van der Waals surface area contributed by atoms with E-state index < -0.39 is 0 Å². The van der Waals surface area contributed by atoms with Gasteiger partial charge in [-0.2, -0.15) is 0 Å². The van der Waals surface area contributed by atoms with E-state index in [9.17, 15) is 0 Å². The second kappa shape index (κ2) is 7.08. The van der Waals surface area contributed by atoms with Crippen LogP contribution in [0.2, 0.25) is 5.02 Å². The number of para-hydroxylation sites is 1. The van der Waals surface area contributed by atoms with Crippen LogP contribution in [0, 0.1) is 0 Å². The highest BCUT2D eigenvalue weighted by molar-refractivity contribution is 9.10. The van der Waals surface area contributed by atoms with Crippen LogP contribution in [0.5, 0.6) is 5.75 Å². The van der Waals surface area contributed by atoms with Gasteiger partial charge in [0, 0.05) is 26.9 Å². The summed E-state index contributed by atoms with van der Waals surface area (Å²) in [5, 5.41) is 3.91. The van der Waals surface area contributed by atoms with Crippen LogP contribution in [0.1, 0.15) is 9.75 Å². The lowest BCUT2D eigenvalue weighted by atomic mass is 10.0. The molecule has 0 saturated heterocycles. The van der Waals surface area contributed by atoms with E-state index in [-0.39, 0.29) is 0 Å². The molecule has 1 aromatic heterocycles. The number of thiocarbonyl (C=S) groups is 1. The normalized spacial score (nSPS) is 12.6. The minimum atomic E-state index is 0.658. The molecule has 0 fully saturated rings. The average molecular weight is 451 g/mol. The molecule has 6 heteroatoms. The molecule has 0 radical (unpaired) electrons. The zero-order valence-corrected chi connectivity index (χ0v) is 17.0. The van der Waals surface area contributed by atoms with Gasteiger partial charge in [0.15, 0.2) is 0 Å². The first-order chi connectivity index (χ1) is 12.1. The van der Waals surface area contributed by atoms with Crippen molar-refractivity contribution in [1.82, 2.24) is 0 Å². The Labute approximate surface area is 168 Å². The lowest BCUT2D eigenvalue weighted by Gasteiger charge is -2.09. The first-order valence-electron chi connectivity index (χ1n) is 7.73. The fourth-order valence-electron chi connectivity index (χ4n) is 2.79. The molecule has 1 N–H and O–H groups in total. The number of anilines is 1. The van der Waals surface area contributed by atoms with Crippen LogP contribution in [0.3, 0.4) is 0 Å². The number of hydrogen-bond acceptors (Lipinski definition) is 3. The number of halogens is 2. The van der Waals surface area contributed by atoms with Crippen molar-refractivity contribution in [3.63, 3.8) is 0 Å². The third-order valence-electron chi connectivity index (χ3n) is 3.97. The zero-order valence-electron chi connectivity index (χ0n) is 13.0. The van der Waals surface area contributed by atoms with E-state index in [0.717, 1.165) is 32.8 Å². The molecule has 4 rings (SSSR count). The molecular formula is C19H13BrClNOS2. The summed E-state index contributed by atoms with van der Waals surface area (Å²) < 4.78 is 6.91. The molecule has 2 heterocycles. The summed E-state index contributed by atoms with van der Waals surface area (Å²) in [6, 6.07) is 15.9. The standard InChI is InChI=1S/C19H13BrClNOS2/c20-11-5-6-16-12(9-11)13-10-18(25-17(13)7-8-23-16)19(24)22-15-4-2-1-3-14(15)21/h1-6,9-10H,7-8H2,(H,22,24). The van der Waals surface area contributed by atoms with Crippen molar-refractivity contribution >= 4 is 61.8 Å². The number of rotatable bonds is 2. The Morgan fingerprint density at radius 2 is 2.00 bits per heavy atom. The Bertz CT molecular complexity index is 970. The van der Waals surface area contributed by atoms with Crippen molar-refractivity contribution in [3.8, 4) is 16.9 Å². The minimum Gasteiger partial charge on any atom is -0.493 e. The maximum atomic E-state index is 6.22. The van der Waals surface area contributed by atoms with E-state index in [2.05, 4.69) is 33.4 Å². The molecule has 2 aromatic carbocycles. The van der Waals surface area contributed by atoms with Gasteiger partial charge in [-0.25, -0.2) is 0 Å². The van der Waals surface area contributed by atoms with Crippen LogP contribution < -0.4 is 10.1 Å². The van der Waals surface area contributed by atoms with Gasteiger partial charge in [0.1, 0.15) is 10.7 Å². The number of thiophene rings is 1. The van der Waals surface area contributed by atoms with Gasteiger partial charge >= 0.3 is 0 Å². The van der Waals surface area contributed by atoms with Crippen molar-refractivity contribution in [3.05, 3.63) is 67.8 Å². The Hall–Kier alpha value is -1.40. The second-order valence-corrected chi connectivity index (χ2v) is 8.49. The lowest BCUT2D eigenvalue weighted by molar-refractivity contribution is 0.327. The topological polar surface area (TPSA) is 21.3 Å². The van der Waals surface area contributed by atoms with Crippen LogP contribution in [-0.4, -0.2) is 11.6 Å². The van der Waals surface area contributed by atoms with E-state index in [4.69, 9.17) is 28.6 Å². The maximum Gasteiger partial charge on any atom is 0.127 e. The molecule has 1 aliphatic heterocycles. The third kappa shape index (κ3) is 3.47. The summed E-state index contributed by atoms with van der Waals surface area (Å²) in [7, 11) is 0. The fourth-order valence-corrected chi connectivity index (χ4v) is 4.68. The Kier molecular flexibility index (Phi) is 4.82. The van der Waals surface area contributed by atoms with Gasteiger partial charge in [-0.1, -0.05) is 51.9 Å². The number of ether oxygens (including phenoxy) is 1.